The molecule has 0 spiro atoms. The summed E-state index contributed by atoms with van der Waals surface area (Å²) in [5, 5.41) is 40.1. The van der Waals surface area contributed by atoms with E-state index in [9.17, 15) is 24.9 Å². The standard InChI is InChI=1S/C14H25NO8.CH4/c1-3-8(13(19)20)15-14(21)22-6-4-5-9-11(17)12(18)10(16)7(2)23-9;/h7-12,16-18H,3-6H2,1-2H3,(H,15,21)(H,19,20);1H4/t7?,8?,9-,10?,11?,12?;/m0./s1. The number of aliphatic carboxylic acids is 1. The van der Waals surface area contributed by atoms with Gasteiger partial charge in [0.1, 0.15) is 24.4 Å². The smallest absolute Gasteiger partial charge is 0.407 e. The number of ether oxygens (including phenoxy) is 2. The molecule has 9 nitrogen and oxygen atoms in total. The molecule has 142 valence electrons. The van der Waals surface area contributed by atoms with E-state index < -0.39 is 48.6 Å². The average Bonchev–Trinajstić information content (AvgIpc) is 2.51. The summed E-state index contributed by atoms with van der Waals surface area (Å²) in [6.07, 6.45) is -4.84. The minimum atomic E-state index is -1.28. The molecule has 1 amide bonds. The third kappa shape index (κ3) is 6.23. The zero-order valence-corrected chi connectivity index (χ0v) is 13.2. The fourth-order valence-corrected chi connectivity index (χ4v) is 2.35. The summed E-state index contributed by atoms with van der Waals surface area (Å²) in [6, 6.07) is -0.997. The molecule has 0 radical (unpaired) electrons. The van der Waals surface area contributed by atoms with Gasteiger partial charge in [-0.1, -0.05) is 14.4 Å². The highest BCUT2D eigenvalue weighted by atomic mass is 16.6. The summed E-state index contributed by atoms with van der Waals surface area (Å²) in [5.41, 5.74) is 0. The second kappa shape index (κ2) is 10.4. The van der Waals surface area contributed by atoms with Crippen LogP contribution >= 0.6 is 0 Å². The van der Waals surface area contributed by atoms with Crippen molar-refractivity contribution in [3.05, 3.63) is 0 Å². The number of carboxylic acid groups (broad SMARTS) is 1. The monoisotopic (exact) mass is 351 g/mol. The molecule has 9 heteroatoms. The molecule has 5 N–H and O–H groups in total. The van der Waals surface area contributed by atoms with Crippen molar-refractivity contribution in [2.45, 2.75) is 77.1 Å². The van der Waals surface area contributed by atoms with Crippen LogP contribution in [-0.2, 0) is 14.3 Å². The van der Waals surface area contributed by atoms with Crippen molar-refractivity contribution >= 4 is 12.1 Å². The maximum absolute atomic E-state index is 11.4. The van der Waals surface area contributed by atoms with E-state index in [1.165, 1.54) is 0 Å². The highest BCUT2D eigenvalue weighted by molar-refractivity contribution is 5.79. The molecule has 1 saturated heterocycles. The maximum Gasteiger partial charge on any atom is 0.407 e. The first-order valence-corrected chi connectivity index (χ1v) is 7.63. The fourth-order valence-electron chi connectivity index (χ4n) is 2.35. The summed E-state index contributed by atoms with van der Waals surface area (Å²) in [6.45, 7) is 3.23. The second-order valence-corrected chi connectivity index (χ2v) is 5.57. The van der Waals surface area contributed by atoms with Gasteiger partial charge in [0, 0.05) is 0 Å². The average molecular weight is 351 g/mol. The zero-order chi connectivity index (χ0) is 17.6. The van der Waals surface area contributed by atoms with Crippen molar-refractivity contribution < 1.29 is 39.5 Å². The van der Waals surface area contributed by atoms with Gasteiger partial charge in [-0.15, -0.1) is 0 Å². The van der Waals surface area contributed by atoms with Crippen molar-refractivity contribution in [2.24, 2.45) is 0 Å². The Bertz CT molecular complexity index is 405. The van der Waals surface area contributed by atoms with E-state index >= 15 is 0 Å². The number of carbonyl (C=O) groups is 2. The highest BCUT2D eigenvalue weighted by Crippen LogP contribution is 2.23. The number of rotatable bonds is 7. The summed E-state index contributed by atoms with van der Waals surface area (Å²) in [7, 11) is 0. The van der Waals surface area contributed by atoms with Gasteiger partial charge in [-0.3, -0.25) is 0 Å². The van der Waals surface area contributed by atoms with Crippen molar-refractivity contribution in [3.8, 4) is 0 Å². The third-order valence-corrected chi connectivity index (χ3v) is 3.82. The lowest BCUT2D eigenvalue weighted by atomic mass is 9.93. The van der Waals surface area contributed by atoms with Gasteiger partial charge in [0.25, 0.3) is 0 Å². The highest BCUT2D eigenvalue weighted by Gasteiger charge is 2.41. The second-order valence-electron chi connectivity index (χ2n) is 5.57. The number of nitrogens with one attached hydrogen (secondary N) is 1. The van der Waals surface area contributed by atoms with Gasteiger partial charge in [0.2, 0.25) is 0 Å². The molecule has 1 aliphatic heterocycles. The lowest BCUT2D eigenvalue weighted by Gasteiger charge is -2.39. The molecule has 0 aliphatic carbocycles. The molecule has 0 bridgehead atoms. The van der Waals surface area contributed by atoms with E-state index in [2.05, 4.69) is 5.32 Å². The molecule has 6 atom stereocenters. The Balaban J connectivity index is 0.00000529. The van der Waals surface area contributed by atoms with Crippen LogP contribution in [0, 0.1) is 0 Å². The van der Waals surface area contributed by atoms with Gasteiger partial charge >= 0.3 is 12.1 Å². The first kappa shape index (κ1) is 22.6. The van der Waals surface area contributed by atoms with Gasteiger partial charge in [0.05, 0.1) is 18.8 Å². The number of hydrogen-bond acceptors (Lipinski definition) is 7. The minimum Gasteiger partial charge on any atom is -0.480 e. The van der Waals surface area contributed by atoms with Gasteiger partial charge in [-0.25, -0.2) is 9.59 Å². The Morgan fingerprint density at radius 1 is 1.21 bits per heavy atom. The number of hydrogen-bond donors (Lipinski definition) is 5. The van der Waals surface area contributed by atoms with Crippen LogP contribution in [-0.4, -0.2) is 75.7 Å². The van der Waals surface area contributed by atoms with E-state index in [-0.39, 0.29) is 20.5 Å². The Labute approximate surface area is 141 Å². The molecular weight excluding hydrogens is 322 g/mol. The molecule has 5 unspecified atom stereocenters. The van der Waals surface area contributed by atoms with Crippen molar-refractivity contribution in [1.29, 1.82) is 0 Å². The van der Waals surface area contributed by atoms with Crippen molar-refractivity contribution in [1.82, 2.24) is 5.32 Å². The number of carbonyl (C=O) groups excluding carboxylic acids is 1. The Morgan fingerprint density at radius 2 is 1.83 bits per heavy atom. The van der Waals surface area contributed by atoms with Gasteiger partial charge in [-0.2, -0.15) is 0 Å². The summed E-state index contributed by atoms with van der Waals surface area (Å²) in [4.78, 5) is 22.2. The lowest BCUT2D eigenvalue weighted by Crippen LogP contribution is -2.56. The minimum absolute atomic E-state index is 0. The fraction of sp³-hybridized carbons (Fsp3) is 0.867. The van der Waals surface area contributed by atoms with Crippen LogP contribution in [0.3, 0.4) is 0 Å². The number of aliphatic hydroxyl groups is 3. The molecule has 1 aliphatic rings. The molecule has 0 aromatic heterocycles. The Morgan fingerprint density at radius 3 is 2.38 bits per heavy atom. The summed E-state index contributed by atoms with van der Waals surface area (Å²) >= 11 is 0. The van der Waals surface area contributed by atoms with E-state index in [0.29, 0.717) is 12.8 Å². The van der Waals surface area contributed by atoms with Crippen LogP contribution in [0.2, 0.25) is 0 Å². The zero-order valence-electron chi connectivity index (χ0n) is 13.2. The molecule has 1 rings (SSSR count). The summed E-state index contributed by atoms with van der Waals surface area (Å²) < 4.78 is 10.3. The third-order valence-electron chi connectivity index (χ3n) is 3.82. The van der Waals surface area contributed by atoms with Crippen LogP contribution in [0.15, 0.2) is 0 Å². The Hall–Kier alpha value is -1.42. The molecular formula is C15H29NO8. The van der Waals surface area contributed by atoms with Gasteiger partial charge in [0.15, 0.2) is 0 Å². The van der Waals surface area contributed by atoms with Gasteiger partial charge < -0.3 is 35.2 Å². The number of amides is 1. The van der Waals surface area contributed by atoms with Crippen LogP contribution in [0.1, 0.15) is 40.5 Å². The van der Waals surface area contributed by atoms with Crippen molar-refractivity contribution in [3.63, 3.8) is 0 Å². The number of aliphatic hydroxyl groups excluding tert-OH is 3. The van der Waals surface area contributed by atoms with Crippen LogP contribution in [0.5, 0.6) is 0 Å². The normalized spacial score (nSPS) is 30.8. The molecule has 1 heterocycles. The summed E-state index contributed by atoms with van der Waals surface area (Å²) in [5.74, 6) is -1.13. The topological polar surface area (TPSA) is 146 Å². The lowest BCUT2D eigenvalue weighted by molar-refractivity contribution is -0.218. The molecule has 1 fully saturated rings. The molecule has 0 saturated carbocycles. The van der Waals surface area contributed by atoms with Gasteiger partial charge in [-0.05, 0) is 26.2 Å². The molecule has 0 aromatic carbocycles. The van der Waals surface area contributed by atoms with E-state index in [1.54, 1.807) is 13.8 Å². The van der Waals surface area contributed by atoms with E-state index in [1.807, 2.05) is 0 Å². The Kier molecular flexibility index (Phi) is 9.83. The predicted octanol–water partition coefficient (Wildman–Crippen LogP) is -0.138. The van der Waals surface area contributed by atoms with Crippen LogP contribution in [0.25, 0.3) is 0 Å². The first-order valence-electron chi connectivity index (χ1n) is 7.63. The quantitative estimate of drug-likeness (QED) is 0.399. The number of alkyl carbamates (subject to hydrolysis) is 1. The van der Waals surface area contributed by atoms with Crippen LogP contribution < -0.4 is 5.32 Å². The molecule has 24 heavy (non-hydrogen) atoms. The van der Waals surface area contributed by atoms with E-state index in [4.69, 9.17) is 14.6 Å². The SMILES string of the molecule is C.CCC(NC(=O)OCCC[C@@H]1OC(C)C(O)C(O)C1O)C(=O)O. The largest absolute Gasteiger partial charge is 0.480 e. The van der Waals surface area contributed by atoms with E-state index in [0.717, 1.165) is 0 Å². The van der Waals surface area contributed by atoms with Crippen molar-refractivity contribution in [2.75, 3.05) is 6.61 Å². The van der Waals surface area contributed by atoms with Crippen LogP contribution in [0.4, 0.5) is 4.79 Å². The predicted molar refractivity (Wildman–Crippen MR) is 84.5 cm³/mol. The maximum atomic E-state index is 11.4. The molecule has 0 aromatic rings. The first-order chi connectivity index (χ1) is 10.8. The number of carboxylic acids is 1.